The van der Waals surface area contributed by atoms with Crippen LogP contribution in [-0.4, -0.2) is 69.1 Å². The number of pyridine rings is 1. The largest absolute Gasteiger partial charge is 0.367 e. The number of fused-ring (bicyclic) bond motifs is 2. The highest BCUT2D eigenvalue weighted by Crippen LogP contribution is 2.33. The summed E-state index contributed by atoms with van der Waals surface area (Å²) in [6.07, 6.45) is 2.39. The number of aryl methyl sites for hydroxylation is 1. The fraction of sp³-hybridized carbons (Fsp3) is 0.385. The Morgan fingerprint density at radius 3 is 2.69 bits per heavy atom. The Bertz CT molecular complexity index is 1390. The molecule has 186 valence electrons. The van der Waals surface area contributed by atoms with E-state index in [9.17, 15) is 14.4 Å². The second kappa shape index (κ2) is 8.70. The fourth-order valence-corrected chi connectivity index (χ4v) is 5.58. The quantitative estimate of drug-likeness (QED) is 0.562. The van der Waals surface area contributed by atoms with Gasteiger partial charge in [-0.3, -0.25) is 24.6 Å². The zero-order valence-corrected chi connectivity index (χ0v) is 20.0. The minimum atomic E-state index is -0.707. The molecule has 6 rings (SSSR count). The smallest absolute Gasteiger partial charge is 0.255 e. The van der Waals surface area contributed by atoms with Crippen molar-refractivity contribution in [1.82, 2.24) is 24.5 Å². The molecule has 0 radical (unpaired) electrons. The number of benzene rings is 1. The summed E-state index contributed by atoms with van der Waals surface area (Å²) in [7, 11) is 0. The van der Waals surface area contributed by atoms with E-state index in [1.807, 2.05) is 23.2 Å². The van der Waals surface area contributed by atoms with Crippen LogP contribution < -0.4 is 10.2 Å². The highest BCUT2D eigenvalue weighted by molar-refractivity contribution is 6.05. The third-order valence-electron chi connectivity index (χ3n) is 7.49. The Balaban J connectivity index is 1.15. The number of hydrogen-bond acceptors (Lipinski definition) is 6. The molecule has 2 saturated heterocycles. The van der Waals surface area contributed by atoms with E-state index in [4.69, 9.17) is 0 Å². The molecule has 3 aliphatic heterocycles. The summed E-state index contributed by atoms with van der Waals surface area (Å²) in [6, 6.07) is 8.41. The Morgan fingerprint density at radius 2 is 1.92 bits per heavy atom. The van der Waals surface area contributed by atoms with Gasteiger partial charge in [0.25, 0.3) is 5.91 Å². The predicted molar refractivity (Wildman–Crippen MR) is 130 cm³/mol. The molecule has 2 aromatic heterocycles. The number of hydrogen-bond donors (Lipinski definition) is 1. The molecule has 36 heavy (non-hydrogen) atoms. The first-order valence-electron chi connectivity index (χ1n) is 12.3. The summed E-state index contributed by atoms with van der Waals surface area (Å²) >= 11 is 0. The average Bonchev–Trinajstić information content (AvgIpc) is 3.41. The van der Waals surface area contributed by atoms with Gasteiger partial charge in [0.2, 0.25) is 11.8 Å². The summed E-state index contributed by atoms with van der Waals surface area (Å²) in [4.78, 5) is 47.0. The molecule has 1 aromatic carbocycles. The SMILES string of the molecule is Cc1cccc2ncc(CN3CCN(c4cc5c(cc4F)C(=O)N(C4CCC(=O)NC4=O)C5)CC3)n12. The van der Waals surface area contributed by atoms with Gasteiger partial charge in [-0.15, -0.1) is 0 Å². The molecule has 3 aliphatic rings. The summed E-state index contributed by atoms with van der Waals surface area (Å²) in [5.41, 5.74) is 4.70. The number of anilines is 1. The number of amides is 3. The van der Waals surface area contributed by atoms with E-state index in [2.05, 4.69) is 32.6 Å². The van der Waals surface area contributed by atoms with Gasteiger partial charge in [-0.1, -0.05) is 6.07 Å². The first-order chi connectivity index (χ1) is 17.4. The Hall–Kier alpha value is -3.79. The van der Waals surface area contributed by atoms with E-state index in [1.165, 1.54) is 11.0 Å². The number of nitrogens with zero attached hydrogens (tertiary/aromatic N) is 5. The summed E-state index contributed by atoms with van der Waals surface area (Å²) in [6.45, 7) is 5.95. The fourth-order valence-electron chi connectivity index (χ4n) is 5.58. The molecule has 0 aliphatic carbocycles. The van der Waals surface area contributed by atoms with Gasteiger partial charge in [0.05, 0.1) is 17.6 Å². The third kappa shape index (κ3) is 3.81. The Kier molecular flexibility index (Phi) is 5.48. The molecule has 3 aromatic rings. The zero-order chi connectivity index (χ0) is 25.0. The predicted octanol–water partition coefficient (Wildman–Crippen LogP) is 1.87. The monoisotopic (exact) mass is 490 g/mol. The summed E-state index contributed by atoms with van der Waals surface area (Å²) in [5, 5.41) is 2.30. The maximum Gasteiger partial charge on any atom is 0.255 e. The van der Waals surface area contributed by atoms with E-state index in [0.29, 0.717) is 29.9 Å². The van der Waals surface area contributed by atoms with Gasteiger partial charge in [0.1, 0.15) is 17.5 Å². The van der Waals surface area contributed by atoms with Gasteiger partial charge >= 0.3 is 0 Å². The lowest BCUT2D eigenvalue weighted by atomic mass is 10.0. The number of rotatable bonds is 4. The number of imide groups is 1. The zero-order valence-electron chi connectivity index (χ0n) is 20.0. The van der Waals surface area contributed by atoms with Gasteiger partial charge in [0, 0.05) is 56.9 Å². The van der Waals surface area contributed by atoms with Crippen LogP contribution in [0.3, 0.4) is 0 Å². The van der Waals surface area contributed by atoms with Crippen molar-refractivity contribution in [1.29, 1.82) is 0 Å². The van der Waals surface area contributed by atoms with Gasteiger partial charge in [0.15, 0.2) is 0 Å². The van der Waals surface area contributed by atoms with Crippen molar-refractivity contribution < 1.29 is 18.8 Å². The second-order valence-electron chi connectivity index (χ2n) is 9.73. The lowest BCUT2D eigenvalue weighted by Gasteiger charge is -2.36. The van der Waals surface area contributed by atoms with Crippen LogP contribution >= 0.6 is 0 Å². The molecule has 2 fully saturated rings. The van der Waals surface area contributed by atoms with Crippen molar-refractivity contribution in [3.05, 3.63) is 64.9 Å². The minimum Gasteiger partial charge on any atom is -0.367 e. The van der Waals surface area contributed by atoms with E-state index in [0.717, 1.165) is 36.7 Å². The van der Waals surface area contributed by atoms with Crippen LogP contribution in [0, 0.1) is 12.7 Å². The topological polar surface area (TPSA) is 90.3 Å². The first-order valence-corrected chi connectivity index (χ1v) is 12.3. The molecular formula is C26H27FN6O3. The van der Waals surface area contributed by atoms with Crippen LogP contribution in [0.15, 0.2) is 36.5 Å². The molecule has 9 nitrogen and oxygen atoms in total. The van der Waals surface area contributed by atoms with Gasteiger partial charge < -0.3 is 14.2 Å². The molecule has 0 saturated carbocycles. The molecule has 1 atom stereocenters. The van der Waals surface area contributed by atoms with Crippen molar-refractivity contribution >= 4 is 29.1 Å². The molecule has 1 unspecified atom stereocenters. The van der Waals surface area contributed by atoms with E-state index in [1.54, 1.807) is 6.07 Å². The number of nitrogens with one attached hydrogen (secondary N) is 1. The number of piperazine rings is 1. The van der Waals surface area contributed by atoms with Crippen LogP contribution in [0.1, 0.15) is 40.2 Å². The number of piperidine rings is 1. The molecule has 5 heterocycles. The highest BCUT2D eigenvalue weighted by Gasteiger charge is 2.40. The molecule has 0 spiro atoms. The van der Waals surface area contributed by atoms with Crippen LogP contribution in [0.2, 0.25) is 0 Å². The van der Waals surface area contributed by atoms with Crippen molar-refractivity contribution in [3.63, 3.8) is 0 Å². The molecule has 1 N–H and O–H groups in total. The number of imidazole rings is 1. The van der Waals surface area contributed by atoms with Crippen molar-refractivity contribution in [3.8, 4) is 0 Å². The first kappa shape index (κ1) is 22.7. The minimum absolute atomic E-state index is 0.190. The maximum atomic E-state index is 15.2. The standard InChI is InChI=1S/C26H27FN6O3/c1-16-3-2-4-23-28-13-18(33(16)23)15-30-7-9-31(10-8-30)22-11-17-14-32(26(36)19(17)12-20(22)27)21-5-6-24(34)29-25(21)35/h2-4,11-13,21H,5-10,14-15H2,1H3,(H,29,34,35). The normalized spacial score (nSPS) is 20.8. The molecule has 0 bridgehead atoms. The maximum absolute atomic E-state index is 15.2. The van der Waals surface area contributed by atoms with Crippen LogP contribution in [0.4, 0.5) is 10.1 Å². The van der Waals surface area contributed by atoms with Gasteiger partial charge in [-0.25, -0.2) is 9.37 Å². The van der Waals surface area contributed by atoms with Crippen molar-refractivity contribution in [2.75, 3.05) is 31.1 Å². The lowest BCUT2D eigenvalue weighted by Crippen LogP contribution is -2.52. The molecule has 3 amide bonds. The summed E-state index contributed by atoms with van der Waals surface area (Å²) in [5.74, 6) is -1.59. The number of aromatic nitrogens is 2. The van der Waals surface area contributed by atoms with Crippen LogP contribution in [-0.2, 0) is 22.7 Å². The number of carbonyl (C=O) groups excluding carboxylic acids is 3. The van der Waals surface area contributed by atoms with E-state index < -0.39 is 17.8 Å². The Morgan fingerprint density at radius 1 is 1.11 bits per heavy atom. The number of halogens is 1. The van der Waals surface area contributed by atoms with E-state index >= 15 is 4.39 Å². The highest BCUT2D eigenvalue weighted by atomic mass is 19.1. The van der Waals surface area contributed by atoms with Crippen LogP contribution in [0.5, 0.6) is 0 Å². The Labute approximate surface area is 207 Å². The second-order valence-corrected chi connectivity index (χ2v) is 9.73. The lowest BCUT2D eigenvalue weighted by molar-refractivity contribution is -0.136. The van der Waals surface area contributed by atoms with Crippen molar-refractivity contribution in [2.45, 2.75) is 38.9 Å². The van der Waals surface area contributed by atoms with Crippen molar-refractivity contribution in [2.24, 2.45) is 0 Å². The van der Waals surface area contributed by atoms with Crippen LogP contribution in [0.25, 0.3) is 5.65 Å². The van der Waals surface area contributed by atoms with Gasteiger partial charge in [-0.2, -0.15) is 0 Å². The number of carbonyl (C=O) groups is 3. The molecular weight excluding hydrogens is 463 g/mol. The average molecular weight is 491 g/mol. The third-order valence-corrected chi connectivity index (χ3v) is 7.49. The summed E-state index contributed by atoms with van der Waals surface area (Å²) < 4.78 is 17.3. The van der Waals surface area contributed by atoms with E-state index in [-0.39, 0.29) is 31.2 Å². The van der Waals surface area contributed by atoms with Gasteiger partial charge in [-0.05, 0) is 43.2 Å². The molecule has 10 heteroatoms.